The van der Waals surface area contributed by atoms with Crippen molar-refractivity contribution in [3.8, 4) is 0 Å². The Morgan fingerprint density at radius 2 is 2.00 bits per heavy atom. The summed E-state index contributed by atoms with van der Waals surface area (Å²) in [6.07, 6.45) is 8.17. The van der Waals surface area contributed by atoms with Gasteiger partial charge in [0.25, 0.3) is 5.91 Å². The Bertz CT molecular complexity index is 371. The Morgan fingerprint density at radius 3 is 2.68 bits per heavy atom. The summed E-state index contributed by atoms with van der Waals surface area (Å²) in [6, 6.07) is 0.410. The lowest BCUT2D eigenvalue weighted by Crippen LogP contribution is -2.44. The number of carbonyl (C=O) groups excluding carboxylic acids is 2. The number of carbonyl (C=O) groups is 2. The summed E-state index contributed by atoms with van der Waals surface area (Å²) < 4.78 is 0. The molecule has 1 unspecified atom stereocenters. The van der Waals surface area contributed by atoms with Gasteiger partial charge in [0.15, 0.2) is 0 Å². The lowest BCUT2D eigenvalue weighted by atomic mass is 9.98. The van der Waals surface area contributed by atoms with Crippen molar-refractivity contribution in [3.63, 3.8) is 0 Å². The minimum absolute atomic E-state index is 0.0226. The third kappa shape index (κ3) is 2.36. The Hall–Kier alpha value is -1.10. The predicted octanol–water partition coefficient (Wildman–Crippen LogP) is 1.38. The number of nitrogens with one attached hydrogen (secondary N) is 2. The van der Waals surface area contributed by atoms with Gasteiger partial charge >= 0.3 is 6.03 Å². The third-order valence-corrected chi connectivity index (χ3v) is 4.80. The lowest BCUT2D eigenvalue weighted by Gasteiger charge is -2.20. The van der Waals surface area contributed by atoms with Crippen molar-refractivity contribution in [1.82, 2.24) is 15.5 Å². The molecule has 2 saturated heterocycles. The summed E-state index contributed by atoms with van der Waals surface area (Å²) in [4.78, 5) is 25.8. The molecular formula is C14H23N3O2. The molecule has 0 aromatic carbocycles. The minimum Gasteiger partial charge on any atom is -0.323 e. The molecule has 5 heteroatoms. The zero-order chi connectivity index (χ0) is 13.3. The number of rotatable bonds is 4. The predicted molar refractivity (Wildman–Crippen MR) is 71.7 cm³/mol. The highest BCUT2D eigenvalue weighted by atomic mass is 16.2. The maximum Gasteiger partial charge on any atom is 0.325 e. The van der Waals surface area contributed by atoms with Crippen LogP contribution in [-0.4, -0.2) is 41.5 Å². The Balaban J connectivity index is 1.52. The van der Waals surface area contributed by atoms with Gasteiger partial charge in [0.05, 0.1) is 0 Å². The van der Waals surface area contributed by atoms with Crippen LogP contribution in [0.15, 0.2) is 0 Å². The molecule has 3 aliphatic rings. The fourth-order valence-corrected chi connectivity index (χ4v) is 3.70. The average molecular weight is 265 g/mol. The first-order chi connectivity index (χ1) is 9.21. The van der Waals surface area contributed by atoms with Gasteiger partial charge in [-0.15, -0.1) is 0 Å². The highest BCUT2D eigenvalue weighted by Gasteiger charge is 2.51. The largest absolute Gasteiger partial charge is 0.325 e. The summed E-state index contributed by atoms with van der Waals surface area (Å²) in [5, 5.41) is 6.38. The van der Waals surface area contributed by atoms with Crippen LogP contribution in [0.25, 0.3) is 0 Å². The van der Waals surface area contributed by atoms with E-state index in [-0.39, 0.29) is 11.9 Å². The van der Waals surface area contributed by atoms with Crippen molar-refractivity contribution >= 4 is 11.9 Å². The average Bonchev–Trinajstić information content (AvgIpc) is 3.08. The van der Waals surface area contributed by atoms with E-state index in [1.807, 2.05) is 0 Å². The second-order valence-electron chi connectivity index (χ2n) is 6.11. The van der Waals surface area contributed by atoms with Crippen LogP contribution < -0.4 is 10.6 Å². The standard InChI is InChI=1S/C14H23N3O2/c18-12-14(7-1-2-8-14)16-13(19)17(12)10-4-6-11-5-3-9-15-11/h11,15H,1-10H2,(H,16,19). The molecule has 0 aromatic rings. The van der Waals surface area contributed by atoms with Crippen LogP contribution in [0, 0.1) is 0 Å². The van der Waals surface area contributed by atoms with Crippen LogP contribution in [0.3, 0.4) is 0 Å². The fourth-order valence-electron chi connectivity index (χ4n) is 3.70. The van der Waals surface area contributed by atoms with Gasteiger partial charge in [-0.25, -0.2) is 4.79 Å². The molecule has 5 nitrogen and oxygen atoms in total. The van der Waals surface area contributed by atoms with Gasteiger partial charge in [-0.05, 0) is 45.1 Å². The molecule has 0 radical (unpaired) electrons. The van der Waals surface area contributed by atoms with E-state index in [1.165, 1.54) is 17.7 Å². The molecule has 2 aliphatic heterocycles. The van der Waals surface area contributed by atoms with E-state index >= 15 is 0 Å². The van der Waals surface area contributed by atoms with Crippen molar-refractivity contribution in [2.24, 2.45) is 0 Å². The van der Waals surface area contributed by atoms with Crippen LogP contribution in [-0.2, 0) is 4.79 Å². The molecule has 1 aliphatic carbocycles. The van der Waals surface area contributed by atoms with Gasteiger partial charge in [0, 0.05) is 12.6 Å². The fraction of sp³-hybridized carbons (Fsp3) is 0.857. The van der Waals surface area contributed by atoms with Gasteiger partial charge < -0.3 is 10.6 Å². The van der Waals surface area contributed by atoms with Crippen LogP contribution in [0.5, 0.6) is 0 Å². The summed E-state index contributed by atoms with van der Waals surface area (Å²) in [7, 11) is 0. The molecule has 2 N–H and O–H groups in total. The van der Waals surface area contributed by atoms with Crippen LogP contribution in [0.4, 0.5) is 4.79 Å². The molecule has 3 fully saturated rings. The quantitative estimate of drug-likeness (QED) is 0.755. The number of imide groups is 1. The van der Waals surface area contributed by atoms with Crippen LogP contribution in [0.1, 0.15) is 51.4 Å². The smallest absolute Gasteiger partial charge is 0.323 e. The number of amides is 3. The summed E-state index contributed by atoms with van der Waals surface area (Å²) in [6.45, 7) is 1.68. The maximum absolute atomic E-state index is 12.4. The molecule has 0 aromatic heterocycles. The van der Waals surface area contributed by atoms with Crippen molar-refractivity contribution in [2.45, 2.75) is 62.9 Å². The monoisotopic (exact) mass is 265 g/mol. The molecule has 3 rings (SSSR count). The van der Waals surface area contributed by atoms with E-state index in [0.717, 1.165) is 45.1 Å². The second-order valence-corrected chi connectivity index (χ2v) is 6.11. The van der Waals surface area contributed by atoms with E-state index in [0.29, 0.717) is 12.6 Å². The minimum atomic E-state index is -0.539. The summed E-state index contributed by atoms with van der Waals surface area (Å²) >= 11 is 0. The first-order valence-electron chi connectivity index (χ1n) is 7.59. The van der Waals surface area contributed by atoms with Crippen molar-refractivity contribution < 1.29 is 9.59 Å². The molecule has 3 amide bonds. The van der Waals surface area contributed by atoms with Gasteiger partial charge in [0.2, 0.25) is 0 Å². The first-order valence-corrected chi connectivity index (χ1v) is 7.59. The molecule has 106 valence electrons. The van der Waals surface area contributed by atoms with E-state index in [4.69, 9.17) is 0 Å². The molecule has 19 heavy (non-hydrogen) atoms. The van der Waals surface area contributed by atoms with E-state index in [1.54, 1.807) is 0 Å². The molecule has 1 atom stereocenters. The van der Waals surface area contributed by atoms with Gasteiger partial charge in [0.1, 0.15) is 5.54 Å². The first kappa shape index (κ1) is 12.9. The molecule has 1 spiro atoms. The Kier molecular flexibility index (Phi) is 3.48. The zero-order valence-electron chi connectivity index (χ0n) is 11.4. The van der Waals surface area contributed by atoms with E-state index < -0.39 is 5.54 Å². The van der Waals surface area contributed by atoms with Crippen LogP contribution >= 0.6 is 0 Å². The third-order valence-electron chi connectivity index (χ3n) is 4.80. The number of nitrogens with zero attached hydrogens (tertiary/aromatic N) is 1. The topological polar surface area (TPSA) is 61.4 Å². The van der Waals surface area contributed by atoms with Crippen molar-refractivity contribution in [1.29, 1.82) is 0 Å². The number of hydrogen-bond acceptors (Lipinski definition) is 3. The zero-order valence-corrected chi connectivity index (χ0v) is 11.4. The summed E-state index contributed by atoms with van der Waals surface area (Å²) in [5.74, 6) is 0.0226. The summed E-state index contributed by atoms with van der Waals surface area (Å²) in [5.41, 5.74) is -0.539. The van der Waals surface area contributed by atoms with Gasteiger partial charge in [-0.3, -0.25) is 9.69 Å². The molecule has 2 heterocycles. The lowest BCUT2D eigenvalue weighted by molar-refractivity contribution is -0.131. The Labute approximate surface area is 114 Å². The Morgan fingerprint density at radius 1 is 1.21 bits per heavy atom. The second kappa shape index (κ2) is 5.12. The van der Waals surface area contributed by atoms with Gasteiger partial charge in [-0.1, -0.05) is 12.8 Å². The van der Waals surface area contributed by atoms with Gasteiger partial charge in [-0.2, -0.15) is 0 Å². The highest BCUT2D eigenvalue weighted by Crippen LogP contribution is 2.35. The highest BCUT2D eigenvalue weighted by molar-refractivity contribution is 6.07. The van der Waals surface area contributed by atoms with Crippen molar-refractivity contribution in [3.05, 3.63) is 0 Å². The number of urea groups is 1. The molecule has 1 saturated carbocycles. The van der Waals surface area contributed by atoms with Crippen LogP contribution in [0.2, 0.25) is 0 Å². The SMILES string of the molecule is O=C1NC2(CCCC2)C(=O)N1CCCC1CCCN1. The maximum atomic E-state index is 12.4. The van der Waals surface area contributed by atoms with E-state index in [2.05, 4.69) is 10.6 Å². The van der Waals surface area contributed by atoms with E-state index in [9.17, 15) is 9.59 Å². The van der Waals surface area contributed by atoms with Crippen molar-refractivity contribution in [2.75, 3.05) is 13.1 Å². The normalized spacial score (nSPS) is 29.5. The molecule has 0 bridgehead atoms. The molecular weight excluding hydrogens is 242 g/mol. The number of hydrogen-bond donors (Lipinski definition) is 2.